The van der Waals surface area contributed by atoms with Crippen LogP contribution in [0.2, 0.25) is 0 Å². The van der Waals surface area contributed by atoms with Gasteiger partial charge in [-0.2, -0.15) is 0 Å². The van der Waals surface area contributed by atoms with Crippen molar-refractivity contribution in [1.82, 2.24) is 4.98 Å². The molecule has 1 aromatic carbocycles. The molecule has 0 amide bonds. The molecule has 4 nitrogen and oxygen atoms in total. The number of anilines is 2. The minimum Gasteiger partial charge on any atom is -0.331 e. The summed E-state index contributed by atoms with van der Waals surface area (Å²) in [6.07, 6.45) is 19.9. The normalized spacial score (nSPS) is 25.2. The Labute approximate surface area is 152 Å². The first kappa shape index (κ1) is 15.0. The van der Waals surface area contributed by atoms with Crippen molar-refractivity contribution in [1.29, 1.82) is 0 Å². The summed E-state index contributed by atoms with van der Waals surface area (Å²) in [6.45, 7) is 0. The van der Waals surface area contributed by atoms with Gasteiger partial charge in [0.25, 0.3) is 0 Å². The van der Waals surface area contributed by atoms with E-state index < -0.39 is 0 Å². The van der Waals surface area contributed by atoms with Gasteiger partial charge in [0, 0.05) is 48.5 Å². The topological polar surface area (TPSA) is 40.9 Å². The van der Waals surface area contributed by atoms with Gasteiger partial charge in [0.1, 0.15) is 0 Å². The molecule has 3 aliphatic rings. The lowest BCUT2D eigenvalue weighted by Gasteiger charge is -2.28. The summed E-state index contributed by atoms with van der Waals surface area (Å²) in [5.74, 6) is 0.495. The number of hydrogen-bond donors (Lipinski definition) is 0. The van der Waals surface area contributed by atoms with Gasteiger partial charge in [0.2, 0.25) is 0 Å². The van der Waals surface area contributed by atoms with Crippen LogP contribution in [0.1, 0.15) is 23.0 Å². The maximum atomic E-state index is 4.39. The number of aliphatic imine (C=N–C) groups is 2. The molecule has 1 aromatic heterocycles. The zero-order valence-electron chi connectivity index (χ0n) is 14.2. The van der Waals surface area contributed by atoms with Crippen LogP contribution in [0.5, 0.6) is 0 Å². The van der Waals surface area contributed by atoms with E-state index in [1.54, 1.807) is 0 Å². The summed E-state index contributed by atoms with van der Waals surface area (Å²) < 4.78 is 0. The Bertz CT molecular complexity index is 967. The van der Waals surface area contributed by atoms with E-state index in [1.165, 1.54) is 11.1 Å². The molecule has 0 radical (unpaired) electrons. The van der Waals surface area contributed by atoms with E-state index in [9.17, 15) is 0 Å². The number of nitrogens with zero attached hydrogens (tertiary/aromatic N) is 4. The van der Waals surface area contributed by atoms with E-state index in [1.807, 2.05) is 49.4 Å². The van der Waals surface area contributed by atoms with Crippen LogP contribution in [0.25, 0.3) is 0 Å². The van der Waals surface area contributed by atoms with Crippen molar-refractivity contribution in [3.05, 3.63) is 90.6 Å². The average molecular weight is 338 g/mol. The van der Waals surface area contributed by atoms with Crippen molar-refractivity contribution in [3.8, 4) is 0 Å². The van der Waals surface area contributed by atoms with Crippen LogP contribution >= 0.6 is 0 Å². The second-order valence-electron chi connectivity index (χ2n) is 6.61. The number of rotatable bonds is 2. The number of benzene rings is 1. The molecule has 3 unspecified atom stereocenters. The fraction of sp³-hybridized carbons (Fsp3) is 0.136. The summed E-state index contributed by atoms with van der Waals surface area (Å²) >= 11 is 0. The van der Waals surface area contributed by atoms with Gasteiger partial charge >= 0.3 is 0 Å². The molecule has 126 valence electrons. The van der Waals surface area contributed by atoms with Gasteiger partial charge in [0.15, 0.2) is 0 Å². The molecule has 5 rings (SSSR count). The van der Waals surface area contributed by atoms with Crippen molar-refractivity contribution in [3.63, 3.8) is 0 Å². The summed E-state index contributed by atoms with van der Waals surface area (Å²) in [4.78, 5) is 15.4. The highest BCUT2D eigenvalue weighted by Gasteiger charge is 2.38. The van der Waals surface area contributed by atoms with E-state index in [0.717, 1.165) is 11.4 Å². The first-order valence-electron chi connectivity index (χ1n) is 8.81. The Morgan fingerprint density at radius 3 is 2.88 bits per heavy atom. The quantitative estimate of drug-likeness (QED) is 0.808. The van der Waals surface area contributed by atoms with Crippen LogP contribution in [-0.4, -0.2) is 23.5 Å². The molecule has 4 heterocycles. The molecule has 3 atom stereocenters. The molecule has 0 N–H and O–H groups in total. The molecule has 0 bridgehead atoms. The highest BCUT2D eigenvalue weighted by Crippen LogP contribution is 2.46. The smallest absolute Gasteiger partial charge is 0.0798 e. The zero-order valence-corrected chi connectivity index (χ0v) is 14.2. The predicted molar refractivity (Wildman–Crippen MR) is 106 cm³/mol. The lowest BCUT2D eigenvalue weighted by atomic mass is 9.95. The maximum Gasteiger partial charge on any atom is 0.0798 e. The van der Waals surface area contributed by atoms with Gasteiger partial charge in [-0.05, 0) is 35.4 Å². The second kappa shape index (κ2) is 6.23. The summed E-state index contributed by atoms with van der Waals surface area (Å²) in [5.41, 5.74) is 4.84. The molecular formula is C22H18N4. The van der Waals surface area contributed by atoms with Crippen LogP contribution in [0.15, 0.2) is 89.4 Å². The lowest BCUT2D eigenvalue weighted by Crippen LogP contribution is -2.32. The van der Waals surface area contributed by atoms with Gasteiger partial charge in [-0.15, -0.1) is 0 Å². The molecule has 2 aromatic rings. The third-order valence-electron chi connectivity index (χ3n) is 5.12. The van der Waals surface area contributed by atoms with E-state index in [4.69, 9.17) is 0 Å². The Morgan fingerprint density at radius 1 is 0.923 bits per heavy atom. The fourth-order valence-corrected chi connectivity index (χ4v) is 3.91. The number of aromatic nitrogens is 1. The Balaban J connectivity index is 1.58. The zero-order chi connectivity index (χ0) is 17.3. The van der Waals surface area contributed by atoms with E-state index in [0.29, 0.717) is 5.92 Å². The van der Waals surface area contributed by atoms with Gasteiger partial charge < -0.3 is 4.90 Å². The van der Waals surface area contributed by atoms with E-state index in [2.05, 4.69) is 62.4 Å². The third kappa shape index (κ3) is 2.42. The molecular weight excluding hydrogens is 320 g/mol. The van der Waals surface area contributed by atoms with Crippen molar-refractivity contribution >= 4 is 23.8 Å². The molecule has 26 heavy (non-hydrogen) atoms. The predicted octanol–water partition coefficient (Wildman–Crippen LogP) is 4.52. The van der Waals surface area contributed by atoms with Gasteiger partial charge in [-0.3, -0.25) is 15.0 Å². The maximum absolute atomic E-state index is 4.39. The van der Waals surface area contributed by atoms with Crippen molar-refractivity contribution in [2.24, 2.45) is 9.98 Å². The Hall–Kier alpha value is -3.27. The largest absolute Gasteiger partial charge is 0.331 e. The molecule has 0 aliphatic carbocycles. The summed E-state index contributed by atoms with van der Waals surface area (Å²) in [5, 5.41) is 0. The van der Waals surface area contributed by atoms with Crippen LogP contribution in [0, 0.1) is 0 Å². The minimum atomic E-state index is 0.177. The van der Waals surface area contributed by atoms with Crippen LogP contribution in [0.3, 0.4) is 0 Å². The first-order valence-corrected chi connectivity index (χ1v) is 8.81. The third-order valence-corrected chi connectivity index (χ3v) is 5.12. The number of hydrogen-bond acceptors (Lipinski definition) is 4. The minimum absolute atomic E-state index is 0.177. The Kier molecular flexibility index (Phi) is 3.60. The molecule has 4 heteroatoms. The Morgan fingerprint density at radius 2 is 1.88 bits per heavy atom. The van der Waals surface area contributed by atoms with Gasteiger partial charge in [-0.25, -0.2) is 0 Å². The number of allylic oxidation sites excluding steroid dienone is 3. The van der Waals surface area contributed by atoms with E-state index in [-0.39, 0.29) is 12.0 Å². The van der Waals surface area contributed by atoms with Gasteiger partial charge in [0.05, 0.1) is 17.9 Å². The van der Waals surface area contributed by atoms with Gasteiger partial charge in [-0.1, -0.05) is 30.4 Å². The number of fused-ring (bicyclic) bond motifs is 3. The lowest BCUT2D eigenvalue weighted by molar-refractivity contribution is 0.787. The molecule has 0 saturated heterocycles. The second-order valence-corrected chi connectivity index (χ2v) is 6.61. The first-order chi connectivity index (χ1) is 12.9. The SMILES string of the molecule is C1=CN=CC(c2cccc(N3c4cnccc4C4C=CN=CC43)c2)C=C1. The average Bonchev–Trinajstić information content (AvgIpc) is 2.84. The molecule has 0 fully saturated rings. The molecule has 0 saturated carbocycles. The molecule has 3 aliphatic heterocycles. The van der Waals surface area contributed by atoms with Crippen molar-refractivity contribution in [2.45, 2.75) is 17.9 Å². The summed E-state index contributed by atoms with van der Waals surface area (Å²) in [7, 11) is 0. The monoisotopic (exact) mass is 338 g/mol. The standard InChI is InChI=1S/C22H18N4/c1-2-9-23-13-17(4-1)16-5-3-6-18(12-16)26-21-14-24-10-7-19(21)20-8-11-25-15-22(20)26/h1-15,17,19,21H. The van der Waals surface area contributed by atoms with Crippen LogP contribution < -0.4 is 4.90 Å². The highest BCUT2D eigenvalue weighted by molar-refractivity contribution is 5.86. The van der Waals surface area contributed by atoms with E-state index >= 15 is 0 Å². The fourth-order valence-electron chi connectivity index (χ4n) is 3.91. The van der Waals surface area contributed by atoms with Crippen LogP contribution in [-0.2, 0) is 0 Å². The molecule has 0 spiro atoms. The van der Waals surface area contributed by atoms with Crippen LogP contribution in [0.4, 0.5) is 11.4 Å². The summed E-state index contributed by atoms with van der Waals surface area (Å²) in [6, 6.07) is 11.0. The highest BCUT2D eigenvalue weighted by atomic mass is 15.2. The van der Waals surface area contributed by atoms with Crippen molar-refractivity contribution in [2.75, 3.05) is 4.90 Å². The number of pyridine rings is 1. The van der Waals surface area contributed by atoms with Crippen molar-refractivity contribution < 1.29 is 0 Å².